The van der Waals surface area contributed by atoms with E-state index in [0.29, 0.717) is 34.9 Å². The molecule has 0 fully saturated rings. The Kier molecular flexibility index (Phi) is 4.68. The van der Waals surface area contributed by atoms with Gasteiger partial charge in [-0.3, -0.25) is 4.90 Å². The van der Waals surface area contributed by atoms with E-state index in [1.807, 2.05) is 6.92 Å². The number of benzene rings is 1. The van der Waals surface area contributed by atoms with Gasteiger partial charge in [0.05, 0.1) is 38.5 Å². The van der Waals surface area contributed by atoms with Crippen molar-refractivity contribution in [2.24, 2.45) is 0 Å². The lowest BCUT2D eigenvalue weighted by Crippen LogP contribution is -2.44. The molecule has 118 valence electrons. The summed E-state index contributed by atoms with van der Waals surface area (Å²) in [6.45, 7) is 3.90. The average Bonchev–Trinajstić information content (AvgIpc) is 2.52. The molecule has 1 aromatic carbocycles. The van der Waals surface area contributed by atoms with Gasteiger partial charge in [0.2, 0.25) is 0 Å². The lowest BCUT2D eigenvalue weighted by Gasteiger charge is -2.32. The molecule has 0 bridgehead atoms. The van der Waals surface area contributed by atoms with Crippen molar-refractivity contribution in [2.45, 2.75) is 26.3 Å². The van der Waals surface area contributed by atoms with Gasteiger partial charge in [-0.25, -0.2) is 4.79 Å². The molecule has 0 saturated heterocycles. The smallest absolute Gasteiger partial charge is 0.414 e. The molecule has 1 amide bonds. The van der Waals surface area contributed by atoms with Gasteiger partial charge in [0.25, 0.3) is 0 Å². The SMILES string of the molecule is CCOC(=O)N1c2cc(OC)c(OC)cc2C(=[N+]=[N-])CC1C. The third-order valence-corrected chi connectivity index (χ3v) is 3.59. The van der Waals surface area contributed by atoms with E-state index in [-0.39, 0.29) is 12.6 Å². The molecule has 1 aliphatic rings. The minimum atomic E-state index is -0.444. The van der Waals surface area contributed by atoms with Crippen LogP contribution in [0.1, 0.15) is 25.8 Å². The second-order valence-electron chi connectivity index (χ2n) is 4.89. The Labute approximate surface area is 129 Å². The van der Waals surface area contributed by atoms with E-state index in [1.54, 1.807) is 19.1 Å². The number of carbonyl (C=O) groups is 1. The van der Waals surface area contributed by atoms with Gasteiger partial charge >= 0.3 is 11.8 Å². The number of hydrogen-bond donors (Lipinski definition) is 0. The maximum atomic E-state index is 12.2. The summed E-state index contributed by atoms with van der Waals surface area (Å²) >= 11 is 0. The van der Waals surface area contributed by atoms with Crippen LogP contribution in [0.5, 0.6) is 11.5 Å². The molecule has 1 atom stereocenters. The molecule has 0 spiro atoms. The van der Waals surface area contributed by atoms with Crippen molar-refractivity contribution >= 4 is 17.5 Å². The Morgan fingerprint density at radius 1 is 1.36 bits per heavy atom. The van der Waals surface area contributed by atoms with E-state index in [1.165, 1.54) is 19.1 Å². The van der Waals surface area contributed by atoms with Crippen LogP contribution in [0.15, 0.2) is 12.1 Å². The summed E-state index contributed by atoms with van der Waals surface area (Å²) in [5, 5.41) is 0. The molecule has 0 N–H and O–H groups in total. The molecule has 1 aliphatic heterocycles. The molecule has 1 heterocycles. The maximum Gasteiger partial charge on any atom is 0.414 e. The van der Waals surface area contributed by atoms with Crippen LogP contribution in [0.25, 0.3) is 5.53 Å². The van der Waals surface area contributed by atoms with Crippen molar-refractivity contribution in [3.8, 4) is 11.5 Å². The van der Waals surface area contributed by atoms with Crippen LogP contribution >= 0.6 is 0 Å². The highest BCUT2D eigenvalue weighted by Crippen LogP contribution is 2.39. The van der Waals surface area contributed by atoms with Gasteiger partial charge in [-0.1, -0.05) is 0 Å². The van der Waals surface area contributed by atoms with Crippen LogP contribution in [0, 0.1) is 0 Å². The summed E-state index contributed by atoms with van der Waals surface area (Å²) < 4.78 is 15.7. The fraction of sp³-hybridized carbons (Fsp3) is 0.467. The Bertz CT molecular complexity index is 638. The Hall–Kier alpha value is -2.53. The summed E-state index contributed by atoms with van der Waals surface area (Å²) in [6.07, 6.45) is -0.0295. The summed E-state index contributed by atoms with van der Waals surface area (Å²) in [4.78, 5) is 17.1. The highest BCUT2D eigenvalue weighted by molar-refractivity contribution is 6.09. The monoisotopic (exact) mass is 305 g/mol. The first kappa shape index (κ1) is 15.9. The number of nitrogens with zero attached hydrogens (tertiary/aromatic N) is 3. The van der Waals surface area contributed by atoms with Crippen molar-refractivity contribution in [1.82, 2.24) is 0 Å². The predicted molar refractivity (Wildman–Crippen MR) is 80.9 cm³/mol. The highest BCUT2D eigenvalue weighted by atomic mass is 16.6. The minimum absolute atomic E-state index is 0.199. The van der Waals surface area contributed by atoms with Crippen molar-refractivity contribution in [1.29, 1.82) is 0 Å². The zero-order valence-electron chi connectivity index (χ0n) is 13.1. The van der Waals surface area contributed by atoms with Crippen molar-refractivity contribution in [2.75, 3.05) is 25.7 Å². The zero-order chi connectivity index (χ0) is 16.3. The fourth-order valence-corrected chi connectivity index (χ4v) is 2.58. The zero-order valence-corrected chi connectivity index (χ0v) is 13.1. The first-order valence-electron chi connectivity index (χ1n) is 7.00. The molecule has 1 aromatic rings. The normalized spacial score (nSPS) is 16.6. The molecule has 0 aliphatic carbocycles. The number of rotatable bonds is 3. The number of ether oxygens (including phenoxy) is 3. The summed E-state index contributed by atoms with van der Waals surface area (Å²) in [5.74, 6) is 0.989. The highest BCUT2D eigenvalue weighted by Gasteiger charge is 2.37. The average molecular weight is 305 g/mol. The third-order valence-electron chi connectivity index (χ3n) is 3.59. The predicted octanol–water partition coefficient (Wildman–Crippen LogP) is 2.48. The number of fused-ring (bicyclic) bond motifs is 1. The first-order chi connectivity index (χ1) is 10.6. The third kappa shape index (κ3) is 2.63. The van der Waals surface area contributed by atoms with Crippen LogP contribution in [-0.2, 0) is 4.74 Å². The summed E-state index contributed by atoms with van der Waals surface area (Å²) in [5.41, 5.74) is 10.9. The topological polar surface area (TPSA) is 84.4 Å². The van der Waals surface area contributed by atoms with Crippen LogP contribution in [-0.4, -0.2) is 43.5 Å². The van der Waals surface area contributed by atoms with Gasteiger partial charge in [-0.05, 0) is 13.8 Å². The lowest BCUT2D eigenvalue weighted by atomic mass is 9.94. The van der Waals surface area contributed by atoms with Gasteiger partial charge in [-0.15, -0.1) is 0 Å². The second-order valence-corrected chi connectivity index (χ2v) is 4.89. The van der Waals surface area contributed by atoms with Crippen LogP contribution in [0.2, 0.25) is 0 Å². The molecular formula is C15H19N3O4. The van der Waals surface area contributed by atoms with E-state index < -0.39 is 6.09 Å². The van der Waals surface area contributed by atoms with Gasteiger partial charge < -0.3 is 19.7 Å². The molecule has 0 saturated carbocycles. The molecule has 0 radical (unpaired) electrons. The number of carbonyl (C=O) groups excluding carboxylic acids is 1. The first-order valence-corrected chi connectivity index (χ1v) is 7.00. The molecular weight excluding hydrogens is 286 g/mol. The van der Waals surface area contributed by atoms with E-state index in [4.69, 9.17) is 14.2 Å². The maximum absolute atomic E-state index is 12.2. The van der Waals surface area contributed by atoms with Crippen molar-refractivity contribution in [3.63, 3.8) is 0 Å². The number of hydrogen-bond acceptors (Lipinski definition) is 4. The quantitative estimate of drug-likeness (QED) is 0.634. The van der Waals surface area contributed by atoms with Gasteiger partial charge in [0.1, 0.15) is 0 Å². The fourth-order valence-electron chi connectivity index (χ4n) is 2.58. The van der Waals surface area contributed by atoms with Crippen LogP contribution in [0.3, 0.4) is 0 Å². The molecule has 7 heteroatoms. The Morgan fingerprint density at radius 3 is 2.55 bits per heavy atom. The van der Waals surface area contributed by atoms with Crippen LogP contribution in [0.4, 0.5) is 10.5 Å². The lowest BCUT2D eigenvalue weighted by molar-refractivity contribution is -0.00776. The minimum Gasteiger partial charge on any atom is -0.493 e. The van der Waals surface area contributed by atoms with Gasteiger partial charge in [0, 0.05) is 18.2 Å². The number of methoxy groups -OCH3 is 2. The van der Waals surface area contributed by atoms with Crippen LogP contribution < -0.4 is 14.4 Å². The van der Waals surface area contributed by atoms with E-state index in [2.05, 4.69) is 4.79 Å². The molecule has 2 rings (SSSR count). The standard InChI is InChI=1S/C15H19N3O4/c1-5-22-15(19)18-9(2)6-11(17-16)10-7-13(20-3)14(21-4)8-12(10)18/h7-9H,5-6H2,1-4H3. The molecule has 1 unspecified atom stereocenters. The Morgan fingerprint density at radius 2 is 2.00 bits per heavy atom. The second kappa shape index (κ2) is 6.49. The molecule has 7 nitrogen and oxygen atoms in total. The molecule has 0 aromatic heterocycles. The summed E-state index contributed by atoms with van der Waals surface area (Å²) in [7, 11) is 3.04. The van der Waals surface area contributed by atoms with E-state index >= 15 is 0 Å². The Balaban J connectivity index is 2.64. The number of amides is 1. The van der Waals surface area contributed by atoms with Crippen molar-refractivity contribution < 1.29 is 23.8 Å². The van der Waals surface area contributed by atoms with E-state index in [0.717, 1.165) is 0 Å². The molecule has 22 heavy (non-hydrogen) atoms. The summed E-state index contributed by atoms with van der Waals surface area (Å²) in [6, 6.07) is 3.18. The largest absolute Gasteiger partial charge is 0.493 e. The van der Waals surface area contributed by atoms with Gasteiger partial charge in [0.15, 0.2) is 11.5 Å². The van der Waals surface area contributed by atoms with Gasteiger partial charge in [-0.2, -0.15) is 4.79 Å². The van der Waals surface area contributed by atoms with E-state index in [9.17, 15) is 10.3 Å². The van der Waals surface area contributed by atoms with Crippen molar-refractivity contribution in [3.05, 3.63) is 23.2 Å². The number of anilines is 1.